The third-order valence-corrected chi connectivity index (χ3v) is 5.86. The molecule has 3 nitrogen and oxygen atoms in total. The molecule has 2 atom stereocenters. The van der Waals surface area contributed by atoms with Gasteiger partial charge in [-0.1, -0.05) is 43.9 Å². The van der Waals surface area contributed by atoms with E-state index in [9.17, 15) is 9.90 Å². The highest BCUT2D eigenvalue weighted by Crippen LogP contribution is 2.39. The number of carbonyl (C=O) groups is 1. The molecule has 3 rings (SSSR count). The molecule has 0 bridgehead atoms. The molecule has 21 heavy (non-hydrogen) atoms. The van der Waals surface area contributed by atoms with Crippen LogP contribution in [-0.2, 0) is 4.79 Å². The van der Waals surface area contributed by atoms with Crippen LogP contribution in [0.25, 0.3) is 0 Å². The van der Waals surface area contributed by atoms with Crippen molar-refractivity contribution in [2.75, 3.05) is 12.4 Å². The van der Waals surface area contributed by atoms with Crippen LogP contribution >= 0.6 is 11.8 Å². The fourth-order valence-corrected chi connectivity index (χ4v) is 4.74. The van der Waals surface area contributed by atoms with Crippen molar-refractivity contribution < 1.29 is 9.90 Å². The second kappa shape index (κ2) is 6.84. The minimum Gasteiger partial charge on any atom is -0.394 e. The molecule has 1 aliphatic carbocycles. The number of carbonyl (C=O) groups excluding carboxylic acids is 1. The van der Waals surface area contributed by atoms with Gasteiger partial charge in [-0.15, -0.1) is 11.8 Å². The predicted molar refractivity (Wildman–Crippen MR) is 85.5 cm³/mol. The maximum absolute atomic E-state index is 12.5. The van der Waals surface area contributed by atoms with Gasteiger partial charge in [0.05, 0.1) is 18.6 Å². The van der Waals surface area contributed by atoms with Gasteiger partial charge in [-0.05, 0) is 24.0 Å². The zero-order valence-corrected chi connectivity index (χ0v) is 13.1. The number of hydrogen-bond acceptors (Lipinski definition) is 3. The van der Waals surface area contributed by atoms with Gasteiger partial charge in [-0.25, -0.2) is 0 Å². The molecule has 1 aromatic rings. The second-order valence-electron chi connectivity index (χ2n) is 6.18. The molecule has 4 heteroatoms. The van der Waals surface area contributed by atoms with Crippen molar-refractivity contribution in [3.8, 4) is 0 Å². The smallest absolute Gasteiger partial charge is 0.228 e. The van der Waals surface area contributed by atoms with E-state index in [1.165, 1.54) is 30.6 Å². The summed E-state index contributed by atoms with van der Waals surface area (Å²) in [7, 11) is 0. The molecular weight excluding hydrogens is 282 g/mol. The van der Waals surface area contributed by atoms with E-state index >= 15 is 0 Å². The molecule has 0 spiro atoms. The lowest BCUT2D eigenvalue weighted by atomic mass is 9.96. The summed E-state index contributed by atoms with van der Waals surface area (Å²) in [6.07, 6.45) is 6.00. The summed E-state index contributed by atoms with van der Waals surface area (Å²) in [6, 6.07) is 8.05. The molecule has 0 aromatic heterocycles. The number of amides is 1. The van der Waals surface area contributed by atoms with Gasteiger partial charge in [0.25, 0.3) is 0 Å². The first-order valence-corrected chi connectivity index (χ1v) is 8.89. The van der Waals surface area contributed by atoms with Crippen LogP contribution < -0.4 is 5.32 Å². The van der Waals surface area contributed by atoms with Crippen LogP contribution in [-0.4, -0.2) is 29.4 Å². The van der Waals surface area contributed by atoms with Crippen LogP contribution in [0, 0.1) is 5.92 Å². The first kappa shape index (κ1) is 14.9. The van der Waals surface area contributed by atoms with Gasteiger partial charge >= 0.3 is 0 Å². The monoisotopic (exact) mass is 305 g/mol. The molecule has 2 N–H and O–H groups in total. The van der Waals surface area contributed by atoms with E-state index in [0.717, 1.165) is 17.7 Å². The quantitative estimate of drug-likeness (QED) is 0.879. The third-order valence-electron chi connectivity index (χ3n) is 4.68. The molecule has 114 valence electrons. The minimum atomic E-state index is -0.0848. The molecule has 0 saturated heterocycles. The summed E-state index contributed by atoms with van der Waals surface area (Å²) in [6.45, 7) is 0.0454. The number of aliphatic hydroxyl groups is 1. The number of hydrogen-bond donors (Lipinski definition) is 2. The van der Waals surface area contributed by atoms with Gasteiger partial charge in [-0.2, -0.15) is 0 Å². The summed E-state index contributed by atoms with van der Waals surface area (Å²) < 4.78 is 0. The Balaban J connectivity index is 1.60. The summed E-state index contributed by atoms with van der Waals surface area (Å²) in [5.74, 6) is 1.49. The summed E-state index contributed by atoms with van der Waals surface area (Å²) in [5, 5.41) is 12.6. The van der Waals surface area contributed by atoms with Crippen LogP contribution in [0.15, 0.2) is 29.2 Å². The number of thioether (sulfide) groups is 1. The van der Waals surface area contributed by atoms with Gasteiger partial charge < -0.3 is 10.4 Å². The van der Waals surface area contributed by atoms with E-state index in [4.69, 9.17) is 0 Å². The molecule has 1 heterocycles. The first-order chi connectivity index (χ1) is 10.3. The van der Waals surface area contributed by atoms with Crippen molar-refractivity contribution in [2.24, 2.45) is 5.92 Å². The molecule has 1 fully saturated rings. The zero-order chi connectivity index (χ0) is 14.7. The Morgan fingerprint density at radius 3 is 2.86 bits per heavy atom. The average Bonchev–Trinajstić information content (AvgIpc) is 3.15. The second-order valence-corrected chi connectivity index (χ2v) is 7.24. The van der Waals surface area contributed by atoms with E-state index in [1.54, 1.807) is 11.8 Å². The number of aliphatic hydroxyl groups excluding tert-OH is 1. The average molecular weight is 305 g/mol. The highest BCUT2D eigenvalue weighted by Gasteiger charge is 2.30. The topological polar surface area (TPSA) is 49.3 Å². The van der Waals surface area contributed by atoms with Crippen LogP contribution in [0.3, 0.4) is 0 Å². The molecule has 0 radical (unpaired) electrons. The fourth-order valence-electron chi connectivity index (χ4n) is 3.51. The molecule has 2 aliphatic rings. The molecule has 1 aromatic carbocycles. The van der Waals surface area contributed by atoms with Crippen molar-refractivity contribution in [3.63, 3.8) is 0 Å². The zero-order valence-electron chi connectivity index (χ0n) is 12.3. The maximum atomic E-state index is 12.5. The molecule has 0 unspecified atom stereocenters. The number of benzene rings is 1. The van der Waals surface area contributed by atoms with Crippen LogP contribution in [0.2, 0.25) is 0 Å². The lowest BCUT2D eigenvalue weighted by molar-refractivity contribution is -0.123. The van der Waals surface area contributed by atoms with E-state index in [0.29, 0.717) is 5.92 Å². The Morgan fingerprint density at radius 1 is 1.33 bits per heavy atom. The standard InChI is InChI=1S/C17H23NO2S/c19-10-13(9-12-5-1-2-6-12)18-17(20)15-11-21-16-8-4-3-7-14(15)16/h3-4,7-8,12-13,15,19H,1-2,5-6,9-11H2,(H,18,20)/t13-,15-/m1/s1. The number of nitrogens with one attached hydrogen (secondary N) is 1. The number of fused-ring (bicyclic) bond motifs is 1. The van der Waals surface area contributed by atoms with E-state index in [-0.39, 0.29) is 24.5 Å². The van der Waals surface area contributed by atoms with Crippen LogP contribution in [0.5, 0.6) is 0 Å². The van der Waals surface area contributed by atoms with Gasteiger partial charge in [-0.3, -0.25) is 4.79 Å². The highest BCUT2D eigenvalue weighted by molar-refractivity contribution is 7.99. The SMILES string of the molecule is O=C(N[C@@H](CO)CC1CCCC1)[C@@H]1CSc2ccccc21. The van der Waals surface area contributed by atoms with E-state index in [2.05, 4.69) is 11.4 Å². The minimum absolute atomic E-state index is 0.0454. The molecular formula is C17H23NO2S. The van der Waals surface area contributed by atoms with Crippen molar-refractivity contribution in [1.29, 1.82) is 0 Å². The van der Waals surface area contributed by atoms with Crippen molar-refractivity contribution >= 4 is 17.7 Å². The highest BCUT2D eigenvalue weighted by atomic mass is 32.2. The Kier molecular flexibility index (Phi) is 4.86. The normalized spacial score (nSPS) is 23.0. The van der Waals surface area contributed by atoms with Gasteiger partial charge in [0.15, 0.2) is 0 Å². The fraction of sp³-hybridized carbons (Fsp3) is 0.588. The maximum Gasteiger partial charge on any atom is 0.228 e. The van der Waals surface area contributed by atoms with Crippen molar-refractivity contribution in [3.05, 3.63) is 29.8 Å². The van der Waals surface area contributed by atoms with Crippen molar-refractivity contribution in [2.45, 2.75) is 49.0 Å². The summed E-state index contributed by atoms with van der Waals surface area (Å²) >= 11 is 1.75. The Hall–Kier alpha value is -1.00. The van der Waals surface area contributed by atoms with Gasteiger partial charge in [0.2, 0.25) is 5.91 Å². The van der Waals surface area contributed by atoms with Crippen molar-refractivity contribution in [1.82, 2.24) is 5.32 Å². The molecule has 1 amide bonds. The van der Waals surface area contributed by atoms with Gasteiger partial charge in [0, 0.05) is 10.6 Å². The summed E-state index contributed by atoms with van der Waals surface area (Å²) in [4.78, 5) is 13.7. The Morgan fingerprint density at radius 2 is 2.10 bits per heavy atom. The van der Waals surface area contributed by atoms with E-state index < -0.39 is 0 Å². The number of rotatable bonds is 5. The van der Waals surface area contributed by atoms with Gasteiger partial charge in [0.1, 0.15) is 0 Å². The Labute approximate surface area is 130 Å². The Bertz CT molecular complexity index is 499. The molecule has 1 aliphatic heterocycles. The van der Waals surface area contributed by atoms with E-state index in [1.807, 2.05) is 18.2 Å². The largest absolute Gasteiger partial charge is 0.394 e. The summed E-state index contributed by atoms with van der Waals surface area (Å²) in [5.41, 5.74) is 1.14. The lowest BCUT2D eigenvalue weighted by Crippen LogP contribution is -2.41. The van der Waals surface area contributed by atoms with Crippen LogP contribution in [0.4, 0.5) is 0 Å². The predicted octanol–water partition coefficient (Wildman–Crippen LogP) is 2.93. The molecule has 1 saturated carbocycles. The van der Waals surface area contributed by atoms with Crippen LogP contribution in [0.1, 0.15) is 43.6 Å². The third kappa shape index (κ3) is 3.43. The first-order valence-electron chi connectivity index (χ1n) is 7.91. The lowest BCUT2D eigenvalue weighted by Gasteiger charge is -2.22.